The number of fused-ring (bicyclic) bond motifs is 2. The first-order valence-electron chi connectivity index (χ1n) is 25.9. The summed E-state index contributed by atoms with van der Waals surface area (Å²) in [5, 5.41) is 31.8. The molecule has 0 saturated carbocycles. The van der Waals surface area contributed by atoms with Gasteiger partial charge in [0.2, 0.25) is 17.8 Å². The molecule has 0 unspecified atom stereocenters. The van der Waals surface area contributed by atoms with Gasteiger partial charge in [-0.1, -0.05) is 58.5 Å². The van der Waals surface area contributed by atoms with Gasteiger partial charge in [0.1, 0.15) is 11.4 Å². The summed E-state index contributed by atoms with van der Waals surface area (Å²) in [6.45, 7) is 13.8. The number of hydrogen-bond acceptors (Lipinski definition) is 15. The molecule has 1 amide bonds. The maximum Gasteiger partial charge on any atom is 0.285 e. The smallest absolute Gasteiger partial charge is 0.285 e. The number of halogens is 4. The molecule has 11 N–H and O–H groups in total. The molecule has 4 heterocycles. The Labute approximate surface area is 475 Å². The number of aromatic nitrogens is 4. The molecule has 23 heteroatoms. The van der Waals surface area contributed by atoms with E-state index in [-0.39, 0.29) is 36.1 Å². The first kappa shape index (κ1) is 57.7. The van der Waals surface area contributed by atoms with Crippen molar-refractivity contribution in [1.29, 1.82) is 5.41 Å². The predicted octanol–water partition coefficient (Wildman–Crippen LogP) is 10.2. The number of nitrogens with one attached hydrogen (secondary N) is 7. The standard InChI is InChI=1S/C55H70Cl4N16O3/c1-29(76)66-26-37-20-35(70-53-68-25-33-18-31(12-14-39(33)72-53)45-47(57)41(64-8)22-43(77-9)49(45)59)27-74(37)50(61)73-55(5,6)15-10-16-65-42-21-40(63-7)46(56)44(48(42)58)30-11-13-38-32(17-30)24-67-52(71-38)69-34-19-36(23-60)75(28-34)51(62)78-54(2,3)4/h11-14,17-18,21-22,24-25,34-37,62-65H,10,15-16,19-20,23,26-28,60H2,1-9H3,(H2,61,73)(H,66,76)(H,67,69,71)(H,68,70,72)/t34-,35-,36-,37-/m0/s1. The molecule has 2 aliphatic rings. The lowest BCUT2D eigenvalue weighted by atomic mass is 9.99. The van der Waals surface area contributed by atoms with Gasteiger partial charge in [-0.15, -0.1) is 0 Å². The third kappa shape index (κ3) is 13.3. The van der Waals surface area contributed by atoms with E-state index >= 15 is 0 Å². The van der Waals surface area contributed by atoms with Gasteiger partial charge in [-0.05, 0) is 102 Å². The van der Waals surface area contributed by atoms with Crippen molar-refractivity contribution in [1.82, 2.24) is 35.1 Å². The van der Waals surface area contributed by atoms with Gasteiger partial charge in [0.05, 0.1) is 66.9 Å². The van der Waals surface area contributed by atoms with Crippen LogP contribution in [0.5, 0.6) is 5.75 Å². The minimum atomic E-state index is -0.535. The molecule has 2 aromatic heterocycles. The lowest BCUT2D eigenvalue weighted by Gasteiger charge is -2.30. The summed E-state index contributed by atoms with van der Waals surface area (Å²) in [7, 11) is 5.17. The van der Waals surface area contributed by atoms with Crippen molar-refractivity contribution in [2.45, 2.75) is 103 Å². The summed E-state index contributed by atoms with van der Waals surface area (Å²) in [4.78, 5) is 40.1. The van der Waals surface area contributed by atoms with Crippen LogP contribution in [0.1, 0.15) is 67.2 Å². The molecule has 416 valence electrons. The number of carbonyl (C=O) groups excluding carboxylic acids is 1. The zero-order chi connectivity index (χ0) is 56.2. The van der Waals surface area contributed by atoms with Crippen LogP contribution in [-0.4, -0.2) is 137 Å². The van der Waals surface area contributed by atoms with Crippen LogP contribution < -0.4 is 48.1 Å². The molecular weight excluding hydrogens is 1070 g/mol. The van der Waals surface area contributed by atoms with E-state index in [1.54, 1.807) is 32.6 Å². The fourth-order valence-electron chi connectivity index (χ4n) is 10.1. The monoisotopic (exact) mass is 1140 g/mol. The van der Waals surface area contributed by atoms with E-state index in [0.29, 0.717) is 112 Å². The topological polar surface area (TPSA) is 254 Å². The van der Waals surface area contributed by atoms with Gasteiger partial charge >= 0.3 is 0 Å². The Hall–Kier alpha value is -6.51. The number of nitrogens with zero attached hydrogens (tertiary/aromatic N) is 7. The average Bonchev–Trinajstić information content (AvgIpc) is 4.09. The summed E-state index contributed by atoms with van der Waals surface area (Å²) < 4.78 is 11.4. The van der Waals surface area contributed by atoms with Crippen LogP contribution in [0.15, 0.2) is 65.9 Å². The van der Waals surface area contributed by atoms with Crippen LogP contribution in [0.4, 0.5) is 29.0 Å². The molecule has 4 atom stereocenters. The van der Waals surface area contributed by atoms with Crippen molar-refractivity contribution in [2.75, 3.05) is 80.5 Å². The molecule has 2 aliphatic heterocycles. The molecule has 19 nitrogen and oxygen atoms in total. The number of guanidine groups is 1. The zero-order valence-electron chi connectivity index (χ0n) is 45.5. The maximum absolute atomic E-state index is 12.1. The van der Waals surface area contributed by atoms with E-state index in [2.05, 4.69) is 55.7 Å². The van der Waals surface area contributed by atoms with Gasteiger partial charge in [-0.2, -0.15) is 0 Å². The largest absolute Gasteiger partial charge is 0.495 e. The second-order valence-corrected chi connectivity index (χ2v) is 22.8. The van der Waals surface area contributed by atoms with Crippen molar-refractivity contribution in [3.8, 4) is 28.0 Å². The summed E-state index contributed by atoms with van der Waals surface area (Å²) in [5.41, 5.74) is 18.5. The Morgan fingerprint density at radius 1 is 0.782 bits per heavy atom. The van der Waals surface area contributed by atoms with Crippen LogP contribution in [0.3, 0.4) is 0 Å². The number of carbonyl (C=O) groups is 1. The molecule has 2 fully saturated rings. The number of benzene rings is 4. The van der Waals surface area contributed by atoms with Crippen LogP contribution in [0.25, 0.3) is 44.1 Å². The molecular formula is C55H70Cl4N16O3. The molecule has 78 heavy (non-hydrogen) atoms. The van der Waals surface area contributed by atoms with E-state index in [0.717, 1.165) is 51.5 Å². The minimum Gasteiger partial charge on any atom is -0.495 e. The van der Waals surface area contributed by atoms with E-state index < -0.39 is 11.1 Å². The normalized spacial score (nSPS) is 17.8. The Morgan fingerprint density at radius 3 is 1.86 bits per heavy atom. The number of nitrogens with two attached hydrogens (primary N) is 2. The summed E-state index contributed by atoms with van der Waals surface area (Å²) >= 11 is 27.8. The van der Waals surface area contributed by atoms with E-state index in [1.165, 1.54) is 6.92 Å². The van der Waals surface area contributed by atoms with E-state index in [9.17, 15) is 4.79 Å². The SMILES string of the molecule is CNc1cc(NCCCC(C)(C)N=C(N)N2C[C@@H](Nc3ncc4cc(-c5c(Cl)c(NC)cc(OC)c5Cl)ccc4n3)C[C@H]2CNC(C)=O)c(Cl)c(-c2ccc3nc(N[C@H]4C[C@@H](CN)N(C(=N)OC(C)(C)C)C4)ncc3c2)c1Cl. The van der Waals surface area contributed by atoms with Gasteiger partial charge in [0.25, 0.3) is 6.02 Å². The zero-order valence-corrected chi connectivity index (χ0v) is 48.5. The number of aliphatic imine (C=N–C) groups is 1. The fraction of sp³-hybridized carbons (Fsp3) is 0.436. The van der Waals surface area contributed by atoms with Gasteiger partial charge in [0.15, 0.2) is 5.96 Å². The Balaban J connectivity index is 0.902. The summed E-state index contributed by atoms with van der Waals surface area (Å²) in [5.74, 6) is 1.71. The first-order valence-corrected chi connectivity index (χ1v) is 27.5. The molecule has 0 radical (unpaired) electrons. The third-order valence-electron chi connectivity index (χ3n) is 13.9. The molecule has 8 rings (SSSR count). The number of likely N-dealkylation sites (tertiary alicyclic amines) is 2. The van der Waals surface area contributed by atoms with Gasteiger partial charge in [0, 0.05) is 112 Å². The number of amides is 1. The Bertz CT molecular complexity index is 3200. The summed E-state index contributed by atoms with van der Waals surface area (Å²) in [6, 6.07) is 15.2. The summed E-state index contributed by atoms with van der Waals surface area (Å²) in [6.07, 6.45) is 6.37. The Morgan fingerprint density at radius 2 is 1.32 bits per heavy atom. The quantitative estimate of drug-likeness (QED) is 0.0220. The number of amidine groups is 1. The van der Waals surface area contributed by atoms with Crippen LogP contribution >= 0.6 is 46.4 Å². The lowest BCUT2D eigenvalue weighted by molar-refractivity contribution is -0.119. The molecule has 6 aromatic rings. The van der Waals surface area contributed by atoms with Gasteiger partial charge < -0.3 is 62.6 Å². The van der Waals surface area contributed by atoms with Crippen LogP contribution in [0, 0.1) is 5.41 Å². The lowest BCUT2D eigenvalue weighted by Crippen LogP contribution is -2.47. The van der Waals surface area contributed by atoms with Crippen molar-refractivity contribution >= 4 is 115 Å². The average molecular weight is 1150 g/mol. The molecule has 0 bridgehead atoms. The number of ether oxygens (including phenoxy) is 2. The fourth-order valence-corrected chi connectivity index (χ4v) is 11.5. The van der Waals surface area contributed by atoms with Crippen molar-refractivity contribution in [2.24, 2.45) is 16.5 Å². The van der Waals surface area contributed by atoms with Crippen molar-refractivity contribution in [3.05, 3.63) is 81.0 Å². The van der Waals surface area contributed by atoms with Crippen molar-refractivity contribution < 1.29 is 14.3 Å². The van der Waals surface area contributed by atoms with E-state index in [1.807, 2.05) is 80.1 Å². The highest BCUT2D eigenvalue weighted by molar-refractivity contribution is 6.43. The number of hydrogen-bond donors (Lipinski definition) is 9. The van der Waals surface area contributed by atoms with Crippen LogP contribution in [-0.2, 0) is 9.53 Å². The molecule has 0 aliphatic carbocycles. The Kier molecular flexibility index (Phi) is 17.9. The number of rotatable bonds is 18. The second-order valence-electron chi connectivity index (χ2n) is 21.3. The predicted molar refractivity (Wildman–Crippen MR) is 320 cm³/mol. The molecule has 0 spiro atoms. The molecule has 2 saturated heterocycles. The number of methoxy groups -OCH3 is 1. The highest BCUT2D eigenvalue weighted by atomic mass is 35.5. The van der Waals surface area contributed by atoms with Gasteiger partial charge in [-0.3, -0.25) is 10.2 Å². The number of anilines is 5. The second kappa shape index (κ2) is 24.2. The third-order valence-corrected chi connectivity index (χ3v) is 15.4. The highest BCUT2D eigenvalue weighted by Crippen LogP contribution is 2.46. The van der Waals surface area contributed by atoms with Crippen molar-refractivity contribution in [3.63, 3.8) is 0 Å². The first-order chi connectivity index (χ1) is 37.1. The minimum absolute atomic E-state index is 0.0230. The van der Waals surface area contributed by atoms with Crippen LogP contribution in [0.2, 0.25) is 20.1 Å². The van der Waals surface area contributed by atoms with E-state index in [4.69, 9.17) is 87.7 Å². The maximum atomic E-state index is 12.1. The highest BCUT2D eigenvalue weighted by Gasteiger charge is 2.37. The molecule has 4 aromatic carbocycles. The van der Waals surface area contributed by atoms with Gasteiger partial charge in [-0.25, -0.2) is 24.9 Å².